The average molecular weight is 395 g/mol. The fourth-order valence-electron chi connectivity index (χ4n) is 5.44. The molecule has 4 aliphatic rings. The Hall–Kier alpha value is -2.50. The zero-order chi connectivity index (χ0) is 19.8. The maximum Gasteiger partial charge on any atom is 0.410 e. The quantitative estimate of drug-likeness (QED) is 0.770. The number of hydrogen-bond donors (Lipinski definition) is 0. The molecule has 6 heteroatoms. The van der Waals surface area contributed by atoms with E-state index in [0.29, 0.717) is 36.7 Å². The Kier molecular flexibility index (Phi) is 4.94. The highest BCUT2D eigenvalue weighted by molar-refractivity contribution is 6.00. The summed E-state index contributed by atoms with van der Waals surface area (Å²) in [5.41, 5.74) is 0.898. The molecule has 1 aliphatic carbocycles. The van der Waals surface area contributed by atoms with Crippen molar-refractivity contribution in [3.05, 3.63) is 47.8 Å². The molecule has 0 bridgehead atoms. The van der Waals surface area contributed by atoms with Crippen molar-refractivity contribution in [3.8, 4) is 0 Å². The van der Waals surface area contributed by atoms with Crippen molar-refractivity contribution < 1.29 is 13.9 Å². The number of carbonyl (C=O) groups is 1. The molecule has 5 rings (SSSR count). The van der Waals surface area contributed by atoms with Gasteiger partial charge >= 0.3 is 6.09 Å². The minimum Gasteiger partial charge on any atom is -0.447 e. The number of halogens is 1. The van der Waals surface area contributed by atoms with Crippen LogP contribution >= 0.6 is 0 Å². The lowest BCUT2D eigenvalue weighted by Crippen LogP contribution is -2.52. The van der Waals surface area contributed by atoms with Crippen LogP contribution in [-0.2, 0) is 4.74 Å². The van der Waals surface area contributed by atoms with Gasteiger partial charge < -0.3 is 9.64 Å². The standard InChI is InChI=1S/C23H26FN3O2/c24-18-6-3-5-15(10-18)17-11-25-22(26-12-17)9-8-20-19-7-2-1-4-16(19)13-27-21(20)14-29-23(27)28/h3,5-6,8-11,16-17,19-21H,1-2,4,7,12-14H2/b9-8+/t16?,17?,19?,20?,21-/m1/s1. The molecule has 0 radical (unpaired) electrons. The van der Waals surface area contributed by atoms with Crippen LogP contribution in [0.3, 0.4) is 0 Å². The van der Waals surface area contributed by atoms with Gasteiger partial charge in [0.2, 0.25) is 0 Å². The van der Waals surface area contributed by atoms with Crippen molar-refractivity contribution in [2.24, 2.45) is 27.7 Å². The smallest absolute Gasteiger partial charge is 0.410 e. The van der Waals surface area contributed by atoms with Crippen LogP contribution in [0.4, 0.5) is 9.18 Å². The van der Waals surface area contributed by atoms with Gasteiger partial charge in [-0.3, -0.25) is 4.99 Å². The number of cyclic esters (lactones) is 1. The van der Waals surface area contributed by atoms with Crippen molar-refractivity contribution in [1.82, 2.24) is 4.90 Å². The zero-order valence-electron chi connectivity index (χ0n) is 16.4. The molecule has 2 saturated heterocycles. The summed E-state index contributed by atoms with van der Waals surface area (Å²) in [5, 5.41) is 0. The molecule has 0 spiro atoms. The first-order valence-electron chi connectivity index (χ1n) is 10.6. The topological polar surface area (TPSA) is 54.3 Å². The predicted octanol–water partition coefficient (Wildman–Crippen LogP) is 4.21. The summed E-state index contributed by atoms with van der Waals surface area (Å²) in [4.78, 5) is 23.2. The van der Waals surface area contributed by atoms with Crippen LogP contribution < -0.4 is 0 Å². The van der Waals surface area contributed by atoms with Gasteiger partial charge in [0.1, 0.15) is 18.3 Å². The highest BCUT2D eigenvalue weighted by atomic mass is 19.1. The predicted molar refractivity (Wildman–Crippen MR) is 110 cm³/mol. The molecule has 1 amide bonds. The first-order chi connectivity index (χ1) is 14.2. The molecule has 1 aromatic carbocycles. The molecule has 29 heavy (non-hydrogen) atoms. The summed E-state index contributed by atoms with van der Waals surface area (Å²) in [6.07, 6.45) is 10.8. The number of rotatable bonds is 3. The molecule has 5 nitrogen and oxygen atoms in total. The van der Waals surface area contributed by atoms with Crippen LogP contribution in [0.1, 0.15) is 37.2 Å². The Morgan fingerprint density at radius 2 is 2.14 bits per heavy atom. The fraction of sp³-hybridized carbons (Fsp3) is 0.522. The van der Waals surface area contributed by atoms with Crippen molar-refractivity contribution in [2.75, 3.05) is 19.7 Å². The van der Waals surface area contributed by atoms with E-state index in [9.17, 15) is 9.18 Å². The van der Waals surface area contributed by atoms with Crippen LogP contribution in [0.5, 0.6) is 0 Å². The lowest BCUT2D eigenvalue weighted by molar-refractivity contribution is 0.0469. The largest absolute Gasteiger partial charge is 0.447 e. The van der Waals surface area contributed by atoms with E-state index in [0.717, 1.165) is 12.1 Å². The van der Waals surface area contributed by atoms with E-state index in [1.165, 1.54) is 31.7 Å². The Morgan fingerprint density at radius 1 is 1.24 bits per heavy atom. The van der Waals surface area contributed by atoms with E-state index in [1.807, 2.05) is 23.3 Å². The second-order valence-electron chi connectivity index (χ2n) is 8.58. The van der Waals surface area contributed by atoms with Gasteiger partial charge in [-0.05, 0) is 48.4 Å². The summed E-state index contributed by atoms with van der Waals surface area (Å²) in [7, 11) is 0. The molecule has 152 valence electrons. The maximum absolute atomic E-state index is 13.5. The van der Waals surface area contributed by atoms with Gasteiger partial charge in [0, 0.05) is 24.6 Å². The van der Waals surface area contributed by atoms with Crippen molar-refractivity contribution in [2.45, 2.75) is 37.6 Å². The number of benzene rings is 1. The Labute approximate surface area is 170 Å². The number of carbonyl (C=O) groups excluding carboxylic acids is 1. The Balaban J connectivity index is 1.31. The number of nitrogens with zero attached hydrogens (tertiary/aromatic N) is 3. The zero-order valence-corrected chi connectivity index (χ0v) is 16.4. The Bertz CT molecular complexity index is 881. The minimum absolute atomic E-state index is 0.0107. The van der Waals surface area contributed by atoms with Gasteiger partial charge in [0.25, 0.3) is 0 Å². The summed E-state index contributed by atoms with van der Waals surface area (Å²) in [6, 6.07) is 6.76. The highest BCUT2D eigenvalue weighted by Crippen LogP contribution is 2.44. The number of hydrogen-bond acceptors (Lipinski definition) is 4. The third-order valence-electron chi connectivity index (χ3n) is 6.93. The molecule has 5 atom stereocenters. The second-order valence-corrected chi connectivity index (χ2v) is 8.58. The summed E-state index contributed by atoms with van der Waals surface area (Å²) >= 11 is 0. The number of ether oxygens (including phenoxy) is 1. The number of amides is 1. The molecule has 1 aromatic rings. The lowest BCUT2D eigenvalue weighted by Gasteiger charge is -2.46. The monoisotopic (exact) mass is 395 g/mol. The SMILES string of the molecule is O=C1OC[C@@H]2C(/C=C/C3=NCC(c4cccc(F)c4)C=N3)C3CCCCC3CN12. The van der Waals surface area contributed by atoms with Crippen LogP contribution in [-0.4, -0.2) is 48.8 Å². The van der Waals surface area contributed by atoms with E-state index < -0.39 is 0 Å². The molecule has 0 aromatic heterocycles. The number of amidine groups is 1. The van der Waals surface area contributed by atoms with Crippen LogP contribution in [0.2, 0.25) is 0 Å². The van der Waals surface area contributed by atoms with Crippen LogP contribution in [0, 0.1) is 23.6 Å². The fourth-order valence-corrected chi connectivity index (χ4v) is 5.44. The van der Waals surface area contributed by atoms with Crippen molar-refractivity contribution in [3.63, 3.8) is 0 Å². The first kappa shape index (κ1) is 18.5. The van der Waals surface area contributed by atoms with Crippen LogP contribution in [0.25, 0.3) is 0 Å². The van der Waals surface area contributed by atoms with Gasteiger partial charge in [-0.1, -0.05) is 31.1 Å². The molecule has 4 unspecified atom stereocenters. The molecule has 3 fully saturated rings. The summed E-state index contributed by atoms with van der Waals surface area (Å²) in [6.45, 7) is 1.89. The third-order valence-corrected chi connectivity index (χ3v) is 6.93. The van der Waals surface area contributed by atoms with E-state index in [1.54, 1.807) is 12.1 Å². The molecule has 0 N–H and O–H groups in total. The van der Waals surface area contributed by atoms with E-state index in [4.69, 9.17) is 4.74 Å². The van der Waals surface area contributed by atoms with Crippen LogP contribution in [0.15, 0.2) is 46.4 Å². The average Bonchev–Trinajstić information content (AvgIpc) is 3.12. The van der Waals surface area contributed by atoms with Gasteiger partial charge in [-0.2, -0.15) is 0 Å². The van der Waals surface area contributed by atoms with Crippen molar-refractivity contribution in [1.29, 1.82) is 0 Å². The second kappa shape index (κ2) is 7.73. The number of fused-ring (bicyclic) bond motifs is 2. The third kappa shape index (κ3) is 3.61. The first-order valence-corrected chi connectivity index (χ1v) is 10.6. The number of piperidine rings is 1. The molecular formula is C23H26FN3O2. The molecule has 3 aliphatic heterocycles. The van der Waals surface area contributed by atoms with E-state index in [2.05, 4.69) is 16.1 Å². The van der Waals surface area contributed by atoms with Crippen molar-refractivity contribution >= 4 is 18.1 Å². The normalized spacial score (nSPS) is 34.0. The van der Waals surface area contributed by atoms with Gasteiger partial charge in [0.05, 0.1) is 12.6 Å². The summed E-state index contributed by atoms with van der Waals surface area (Å²) in [5.74, 6) is 1.93. The number of aliphatic imine (C=N–C) groups is 2. The van der Waals surface area contributed by atoms with Gasteiger partial charge in [-0.15, -0.1) is 0 Å². The van der Waals surface area contributed by atoms with E-state index >= 15 is 0 Å². The summed E-state index contributed by atoms with van der Waals surface area (Å²) < 4.78 is 18.8. The van der Waals surface area contributed by atoms with Gasteiger partial charge in [0.15, 0.2) is 0 Å². The Morgan fingerprint density at radius 3 is 2.97 bits per heavy atom. The molecule has 1 saturated carbocycles. The molecule has 3 heterocycles. The van der Waals surface area contributed by atoms with E-state index in [-0.39, 0.29) is 23.9 Å². The lowest BCUT2D eigenvalue weighted by atomic mass is 9.67. The maximum atomic E-state index is 13.5. The molecular weight excluding hydrogens is 369 g/mol. The minimum atomic E-state index is -0.234. The highest BCUT2D eigenvalue weighted by Gasteiger charge is 2.48. The van der Waals surface area contributed by atoms with Gasteiger partial charge in [-0.25, -0.2) is 14.2 Å².